The van der Waals surface area contributed by atoms with Crippen LogP contribution in [0.1, 0.15) is 17.4 Å². The Morgan fingerprint density at radius 1 is 1.79 bits per heavy atom. The second-order valence-electron chi connectivity index (χ2n) is 3.30. The number of rotatable bonds is 1. The van der Waals surface area contributed by atoms with Gasteiger partial charge in [0.15, 0.2) is 0 Å². The number of carbonyl (C=O) groups excluding carboxylic acids is 1. The van der Waals surface area contributed by atoms with Crippen molar-refractivity contribution in [3.8, 4) is 0 Å². The fourth-order valence-electron chi connectivity index (χ4n) is 1.49. The van der Waals surface area contributed by atoms with E-state index in [9.17, 15) is 4.79 Å². The molecule has 0 aliphatic carbocycles. The van der Waals surface area contributed by atoms with Crippen LogP contribution >= 0.6 is 11.3 Å². The zero-order valence-electron chi connectivity index (χ0n) is 7.97. The van der Waals surface area contributed by atoms with E-state index in [1.165, 1.54) is 11.3 Å². The maximum atomic E-state index is 11.9. The minimum absolute atomic E-state index is 0.0158. The van der Waals surface area contributed by atoms with Crippen LogP contribution in [0.25, 0.3) is 0 Å². The van der Waals surface area contributed by atoms with Gasteiger partial charge in [-0.15, -0.1) is 11.3 Å². The molecule has 0 N–H and O–H groups in total. The molecular formula is C9H12N2O2S. The van der Waals surface area contributed by atoms with Gasteiger partial charge in [0.1, 0.15) is 5.69 Å². The van der Waals surface area contributed by atoms with Crippen molar-refractivity contribution < 1.29 is 9.53 Å². The van der Waals surface area contributed by atoms with Gasteiger partial charge in [-0.25, -0.2) is 4.98 Å². The molecule has 0 bridgehead atoms. The number of hydrogen-bond acceptors (Lipinski definition) is 4. The molecule has 0 spiro atoms. The van der Waals surface area contributed by atoms with Crippen molar-refractivity contribution in [1.29, 1.82) is 0 Å². The molecule has 1 aliphatic rings. The van der Waals surface area contributed by atoms with Gasteiger partial charge in [0.05, 0.1) is 24.8 Å². The summed E-state index contributed by atoms with van der Waals surface area (Å²) in [5.41, 5.74) is 2.22. The van der Waals surface area contributed by atoms with E-state index < -0.39 is 0 Å². The Morgan fingerprint density at radius 3 is 3.29 bits per heavy atom. The van der Waals surface area contributed by atoms with E-state index in [1.54, 1.807) is 10.9 Å². The lowest BCUT2D eigenvalue weighted by Gasteiger charge is -2.32. The molecule has 2 rings (SSSR count). The Kier molecular flexibility index (Phi) is 2.79. The highest BCUT2D eigenvalue weighted by atomic mass is 32.1. The van der Waals surface area contributed by atoms with Crippen molar-refractivity contribution in [3.05, 3.63) is 16.6 Å². The predicted molar refractivity (Wildman–Crippen MR) is 53.4 cm³/mol. The van der Waals surface area contributed by atoms with Gasteiger partial charge in [0, 0.05) is 11.9 Å². The molecule has 0 radical (unpaired) electrons. The number of aromatic nitrogens is 1. The highest BCUT2D eigenvalue weighted by Gasteiger charge is 2.25. The molecule has 1 amide bonds. The van der Waals surface area contributed by atoms with E-state index in [0.717, 1.165) is 0 Å². The number of ether oxygens (including phenoxy) is 1. The molecule has 2 heterocycles. The zero-order valence-corrected chi connectivity index (χ0v) is 8.79. The molecule has 4 nitrogen and oxygen atoms in total. The molecule has 0 unspecified atom stereocenters. The van der Waals surface area contributed by atoms with Crippen molar-refractivity contribution in [3.63, 3.8) is 0 Å². The van der Waals surface area contributed by atoms with Crippen molar-refractivity contribution in [2.75, 3.05) is 19.8 Å². The van der Waals surface area contributed by atoms with E-state index in [-0.39, 0.29) is 11.9 Å². The minimum atomic E-state index is 0.0158. The lowest BCUT2D eigenvalue weighted by Crippen LogP contribution is -2.47. The summed E-state index contributed by atoms with van der Waals surface area (Å²) in [5.74, 6) is 0.0158. The molecule has 1 fully saturated rings. The number of carbonyl (C=O) groups is 1. The van der Waals surface area contributed by atoms with Gasteiger partial charge in [-0.3, -0.25) is 4.79 Å². The molecule has 14 heavy (non-hydrogen) atoms. The molecule has 1 aliphatic heterocycles. The van der Waals surface area contributed by atoms with Crippen molar-refractivity contribution >= 4 is 17.2 Å². The third-order valence-corrected chi connectivity index (χ3v) is 2.87. The maximum absolute atomic E-state index is 11.9. The highest BCUT2D eigenvalue weighted by Crippen LogP contribution is 2.12. The fraction of sp³-hybridized carbons (Fsp3) is 0.556. The first-order valence-corrected chi connectivity index (χ1v) is 5.50. The van der Waals surface area contributed by atoms with Crippen molar-refractivity contribution in [2.24, 2.45) is 0 Å². The largest absolute Gasteiger partial charge is 0.377 e. The summed E-state index contributed by atoms with van der Waals surface area (Å²) >= 11 is 1.44. The Morgan fingerprint density at radius 2 is 2.64 bits per heavy atom. The molecule has 0 aromatic carbocycles. The standard InChI is InChI=1S/C9H12N2O2S/c1-7-4-13-3-2-11(7)9(12)8-5-14-6-10-8/h5-7H,2-4H2,1H3/t7-/m1/s1. The average molecular weight is 212 g/mol. The van der Waals surface area contributed by atoms with Crippen LogP contribution in [0.5, 0.6) is 0 Å². The van der Waals surface area contributed by atoms with Crippen LogP contribution < -0.4 is 0 Å². The van der Waals surface area contributed by atoms with Gasteiger partial charge in [-0.2, -0.15) is 0 Å². The molecule has 76 valence electrons. The lowest BCUT2D eigenvalue weighted by atomic mass is 10.2. The first kappa shape index (κ1) is 9.61. The summed E-state index contributed by atoms with van der Waals surface area (Å²) < 4.78 is 5.27. The molecule has 1 aromatic rings. The van der Waals surface area contributed by atoms with Crippen molar-refractivity contribution in [1.82, 2.24) is 9.88 Å². The summed E-state index contributed by atoms with van der Waals surface area (Å²) in [6.45, 7) is 3.90. The van der Waals surface area contributed by atoms with Gasteiger partial charge in [-0.1, -0.05) is 0 Å². The van der Waals surface area contributed by atoms with Crippen LogP contribution in [0.3, 0.4) is 0 Å². The first-order chi connectivity index (χ1) is 6.79. The molecule has 1 aromatic heterocycles. The molecular weight excluding hydrogens is 200 g/mol. The number of amides is 1. The summed E-state index contributed by atoms with van der Waals surface area (Å²) in [4.78, 5) is 17.7. The first-order valence-electron chi connectivity index (χ1n) is 4.56. The molecule has 5 heteroatoms. The van der Waals surface area contributed by atoms with Gasteiger partial charge in [0.25, 0.3) is 5.91 Å². The van der Waals surface area contributed by atoms with Gasteiger partial charge in [0.2, 0.25) is 0 Å². The number of morpholine rings is 1. The van der Waals surface area contributed by atoms with E-state index in [4.69, 9.17) is 4.74 Å². The van der Waals surface area contributed by atoms with E-state index in [2.05, 4.69) is 4.98 Å². The maximum Gasteiger partial charge on any atom is 0.273 e. The topological polar surface area (TPSA) is 42.4 Å². The van der Waals surface area contributed by atoms with Crippen LogP contribution in [-0.4, -0.2) is 41.6 Å². The third kappa shape index (κ3) is 1.78. The van der Waals surface area contributed by atoms with Gasteiger partial charge < -0.3 is 9.64 Å². The Hall–Kier alpha value is -0.940. The van der Waals surface area contributed by atoms with E-state index in [1.807, 2.05) is 11.8 Å². The van der Waals surface area contributed by atoms with Crippen LogP contribution in [-0.2, 0) is 4.74 Å². The fourth-order valence-corrected chi connectivity index (χ4v) is 2.02. The Labute approximate surface area is 86.5 Å². The summed E-state index contributed by atoms with van der Waals surface area (Å²) in [7, 11) is 0. The number of nitrogens with zero attached hydrogens (tertiary/aromatic N) is 2. The predicted octanol–water partition coefficient (Wildman–Crippen LogP) is 1.00. The second-order valence-corrected chi connectivity index (χ2v) is 4.01. The monoisotopic (exact) mass is 212 g/mol. The van der Waals surface area contributed by atoms with Gasteiger partial charge in [-0.05, 0) is 6.92 Å². The number of thiazole rings is 1. The second kappa shape index (κ2) is 4.06. The zero-order chi connectivity index (χ0) is 9.97. The lowest BCUT2D eigenvalue weighted by molar-refractivity contribution is 0.00331. The summed E-state index contributed by atoms with van der Waals surface area (Å²) in [5, 5.41) is 1.78. The van der Waals surface area contributed by atoms with E-state index in [0.29, 0.717) is 25.5 Å². The van der Waals surface area contributed by atoms with Crippen LogP contribution in [0.2, 0.25) is 0 Å². The smallest absolute Gasteiger partial charge is 0.273 e. The number of hydrogen-bond donors (Lipinski definition) is 0. The Balaban J connectivity index is 2.10. The van der Waals surface area contributed by atoms with Crippen LogP contribution in [0.4, 0.5) is 0 Å². The van der Waals surface area contributed by atoms with Gasteiger partial charge >= 0.3 is 0 Å². The highest BCUT2D eigenvalue weighted by molar-refractivity contribution is 7.07. The quantitative estimate of drug-likeness (QED) is 0.697. The van der Waals surface area contributed by atoms with Crippen LogP contribution in [0.15, 0.2) is 10.9 Å². The molecule has 1 atom stereocenters. The van der Waals surface area contributed by atoms with Crippen LogP contribution in [0, 0.1) is 0 Å². The van der Waals surface area contributed by atoms with E-state index >= 15 is 0 Å². The average Bonchev–Trinajstić information content (AvgIpc) is 2.70. The molecule has 1 saturated heterocycles. The summed E-state index contributed by atoms with van der Waals surface area (Å²) in [6, 6.07) is 0.151. The SMILES string of the molecule is C[C@@H]1COCCN1C(=O)c1cscn1. The summed E-state index contributed by atoms with van der Waals surface area (Å²) in [6.07, 6.45) is 0. The molecule has 0 saturated carbocycles. The minimum Gasteiger partial charge on any atom is -0.377 e. The third-order valence-electron chi connectivity index (χ3n) is 2.28. The van der Waals surface area contributed by atoms with Crippen molar-refractivity contribution in [2.45, 2.75) is 13.0 Å². The Bertz CT molecular complexity index is 313. The normalized spacial score (nSPS) is 22.4.